The van der Waals surface area contributed by atoms with Crippen LogP contribution >= 0.6 is 0 Å². The highest BCUT2D eigenvalue weighted by atomic mass is 19.4. The zero-order chi connectivity index (χ0) is 31.1. The van der Waals surface area contributed by atoms with Gasteiger partial charge in [-0.2, -0.15) is 26.3 Å². The number of aryl methyl sites for hydroxylation is 1. The molecule has 0 bridgehead atoms. The van der Waals surface area contributed by atoms with E-state index >= 15 is 0 Å². The number of rotatable bonds is 9. The van der Waals surface area contributed by atoms with Gasteiger partial charge in [0.25, 0.3) is 5.91 Å². The number of halogens is 6. The molecule has 0 spiro atoms. The van der Waals surface area contributed by atoms with E-state index in [1.807, 2.05) is 13.0 Å². The number of nitrogens with one attached hydrogen (secondary N) is 1. The average Bonchev–Trinajstić information content (AvgIpc) is 3.71. The van der Waals surface area contributed by atoms with E-state index in [4.69, 9.17) is 4.74 Å². The van der Waals surface area contributed by atoms with Crippen molar-refractivity contribution in [3.63, 3.8) is 0 Å². The summed E-state index contributed by atoms with van der Waals surface area (Å²) in [7, 11) is 0. The number of carbonyl (C=O) groups is 3. The molecule has 0 radical (unpaired) electrons. The molecule has 230 valence electrons. The summed E-state index contributed by atoms with van der Waals surface area (Å²) in [5, 5.41) is 2.70. The number of nitrogens with zero attached hydrogens (tertiary/aromatic N) is 2. The number of likely N-dealkylation sites (tertiary alicyclic amines) is 1. The predicted molar refractivity (Wildman–Crippen MR) is 143 cm³/mol. The zero-order valence-electron chi connectivity index (χ0n) is 23.1. The third kappa shape index (κ3) is 7.02. The molecule has 2 aromatic rings. The number of benzene rings is 2. The number of carbonyl (C=O) groups excluding carboxylic acids is 3. The average molecular weight is 610 g/mol. The van der Waals surface area contributed by atoms with Crippen molar-refractivity contribution in [1.82, 2.24) is 4.90 Å². The summed E-state index contributed by atoms with van der Waals surface area (Å²) >= 11 is 0. The maximum atomic E-state index is 13.7. The number of hydrogen-bond donors (Lipinski definition) is 1. The van der Waals surface area contributed by atoms with Gasteiger partial charge in [0.05, 0.1) is 29.3 Å². The molecule has 2 aliphatic heterocycles. The van der Waals surface area contributed by atoms with E-state index in [2.05, 4.69) is 10.3 Å². The number of alkyl halides is 6. The molecule has 2 heterocycles. The van der Waals surface area contributed by atoms with Crippen molar-refractivity contribution in [2.45, 2.75) is 76.5 Å². The minimum Gasteiger partial charge on any atom is -0.488 e. The van der Waals surface area contributed by atoms with Crippen LogP contribution < -0.4 is 10.1 Å². The molecule has 1 saturated heterocycles. The van der Waals surface area contributed by atoms with Crippen LogP contribution in [0.3, 0.4) is 0 Å². The number of fused-ring (bicyclic) bond motifs is 1. The number of benzodiazepines with no additional fused rings is 1. The van der Waals surface area contributed by atoms with Gasteiger partial charge in [-0.15, -0.1) is 0 Å². The van der Waals surface area contributed by atoms with Crippen LogP contribution in [0.4, 0.5) is 32.0 Å². The van der Waals surface area contributed by atoms with Gasteiger partial charge in [-0.25, -0.2) is 9.89 Å². The van der Waals surface area contributed by atoms with E-state index in [0.717, 1.165) is 18.4 Å². The SMILES string of the molecule is Cc1cccc(C2=N[C@@H](N3C(=O)[C@@H](CCCC(F)(F)F)[C@@H](CCC(F)(F)F)C3=O)C(=O)Nc3c(OC4CC4)cccc32)c1. The van der Waals surface area contributed by atoms with Crippen LogP contribution in [-0.4, -0.2) is 53.0 Å². The zero-order valence-corrected chi connectivity index (χ0v) is 23.1. The molecule has 3 amide bonds. The van der Waals surface area contributed by atoms with Gasteiger partial charge in [0.15, 0.2) is 0 Å². The number of amides is 3. The molecular formula is C30H29F6N3O4. The first-order chi connectivity index (χ1) is 20.2. The lowest BCUT2D eigenvalue weighted by Gasteiger charge is -2.22. The Hall–Kier alpha value is -3.90. The fraction of sp³-hybridized carbons (Fsp3) is 0.467. The normalized spacial score (nSPS) is 22.7. The number of aliphatic imine (C=N–C) groups is 1. The van der Waals surface area contributed by atoms with E-state index in [1.54, 1.807) is 36.4 Å². The van der Waals surface area contributed by atoms with Gasteiger partial charge in [0, 0.05) is 24.0 Å². The van der Waals surface area contributed by atoms with Crippen molar-refractivity contribution >= 4 is 29.1 Å². The minimum absolute atomic E-state index is 0.0459. The second-order valence-electron chi connectivity index (χ2n) is 11.1. The van der Waals surface area contributed by atoms with Gasteiger partial charge in [0.1, 0.15) is 5.75 Å². The van der Waals surface area contributed by atoms with Crippen LogP contribution in [0.2, 0.25) is 0 Å². The third-order valence-electron chi connectivity index (χ3n) is 7.68. The van der Waals surface area contributed by atoms with Crippen molar-refractivity contribution in [1.29, 1.82) is 0 Å². The Kier molecular flexibility index (Phi) is 8.28. The van der Waals surface area contributed by atoms with Crippen LogP contribution in [0.5, 0.6) is 5.75 Å². The summed E-state index contributed by atoms with van der Waals surface area (Å²) in [5.74, 6) is -5.65. The maximum Gasteiger partial charge on any atom is 0.389 e. The van der Waals surface area contributed by atoms with Gasteiger partial charge in [-0.05, 0) is 51.2 Å². The molecule has 3 atom stereocenters. The summed E-state index contributed by atoms with van der Waals surface area (Å²) in [5.41, 5.74) is 2.32. The highest BCUT2D eigenvalue weighted by Crippen LogP contribution is 2.41. The smallest absolute Gasteiger partial charge is 0.389 e. The van der Waals surface area contributed by atoms with Gasteiger partial charge in [-0.1, -0.05) is 35.9 Å². The first-order valence-electron chi connectivity index (χ1n) is 14.0. The van der Waals surface area contributed by atoms with Gasteiger partial charge < -0.3 is 10.1 Å². The van der Waals surface area contributed by atoms with Crippen LogP contribution in [0.25, 0.3) is 0 Å². The molecule has 1 N–H and O–H groups in total. The minimum atomic E-state index is -4.66. The largest absolute Gasteiger partial charge is 0.488 e. The lowest BCUT2D eigenvalue weighted by Crippen LogP contribution is -2.46. The highest BCUT2D eigenvalue weighted by molar-refractivity contribution is 6.21. The van der Waals surface area contributed by atoms with E-state index in [0.29, 0.717) is 21.8 Å². The number of para-hydroxylation sites is 1. The Bertz CT molecular complexity index is 1450. The fourth-order valence-electron chi connectivity index (χ4n) is 5.50. The van der Waals surface area contributed by atoms with Crippen molar-refractivity contribution < 1.29 is 45.5 Å². The summed E-state index contributed by atoms with van der Waals surface area (Å²) < 4.78 is 84.0. The third-order valence-corrected chi connectivity index (χ3v) is 7.68. The molecule has 1 aliphatic carbocycles. The number of anilines is 1. The maximum absolute atomic E-state index is 13.7. The Morgan fingerprint density at radius 1 is 0.907 bits per heavy atom. The van der Waals surface area contributed by atoms with E-state index in [1.165, 1.54) is 0 Å². The van der Waals surface area contributed by atoms with E-state index in [-0.39, 0.29) is 17.5 Å². The highest BCUT2D eigenvalue weighted by Gasteiger charge is 2.52. The Balaban J connectivity index is 1.55. The molecule has 0 aromatic heterocycles. The second-order valence-corrected chi connectivity index (χ2v) is 11.1. The van der Waals surface area contributed by atoms with Crippen LogP contribution in [-0.2, 0) is 14.4 Å². The van der Waals surface area contributed by atoms with Crippen molar-refractivity contribution in [3.8, 4) is 5.75 Å². The molecule has 2 fully saturated rings. The fourth-order valence-corrected chi connectivity index (χ4v) is 5.50. The lowest BCUT2D eigenvalue weighted by atomic mass is 9.86. The first-order valence-corrected chi connectivity index (χ1v) is 14.0. The van der Waals surface area contributed by atoms with E-state index < -0.39 is 80.2 Å². The molecule has 2 aromatic carbocycles. The Morgan fingerprint density at radius 2 is 1.56 bits per heavy atom. The van der Waals surface area contributed by atoms with Crippen molar-refractivity contribution in [3.05, 3.63) is 59.2 Å². The van der Waals surface area contributed by atoms with Crippen LogP contribution in [0, 0.1) is 18.8 Å². The molecule has 1 saturated carbocycles. The quantitative estimate of drug-likeness (QED) is 0.266. The number of hydrogen-bond acceptors (Lipinski definition) is 5. The topological polar surface area (TPSA) is 88.1 Å². The molecule has 5 rings (SSSR count). The lowest BCUT2D eigenvalue weighted by molar-refractivity contribution is -0.147. The van der Waals surface area contributed by atoms with Crippen molar-refractivity contribution in [2.24, 2.45) is 16.8 Å². The molecule has 43 heavy (non-hydrogen) atoms. The Morgan fingerprint density at radius 3 is 2.19 bits per heavy atom. The molecule has 0 unspecified atom stereocenters. The second kappa shape index (κ2) is 11.6. The van der Waals surface area contributed by atoms with Gasteiger partial charge in [0.2, 0.25) is 18.0 Å². The molecule has 13 heteroatoms. The monoisotopic (exact) mass is 609 g/mol. The van der Waals surface area contributed by atoms with Crippen molar-refractivity contribution in [2.75, 3.05) is 5.32 Å². The number of ether oxygens (including phenoxy) is 1. The molecule has 7 nitrogen and oxygen atoms in total. The number of imide groups is 1. The van der Waals surface area contributed by atoms with Crippen LogP contribution in [0.1, 0.15) is 61.6 Å². The van der Waals surface area contributed by atoms with E-state index in [9.17, 15) is 40.7 Å². The van der Waals surface area contributed by atoms with Gasteiger partial charge in [-0.3, -0.25) is 14.4 Å². The first kappa shape index (κ1) is 30.6. The standard InChI is InChI=1S/C30H29F6N3O4/c1-16-5-2-6-17(15-16)23-21-7-3-9-22(43-18-10-11-18)24(21)38-26(40)25(37-23)39-27(41)19(8-4-13-29(31,32)33)20(28(39)42)12-14-30(34,35)36/h2-3,5-7,9,15,18-20,25H,4,8,10-14H2,1H3,(H,38,40)/t19-,20+,25-/m0/s1. The summed E-state index contributed by atoms with van der Waals surface area (Å²) in [4.78, 5) is 46.0. The molecule has 3 aliphatic rings. The summed E-state index contributed by atoms with van der Waals surface area (Å²) in [6.07, 6.45) is -13.9. The molecular weight excluding hydrogens is 580 g/mol. The summed E-state index contributed by atoms with van der Waals surface area (Å²) in [6, 6.07) is 12.1. The summed E-state index contributed by atoms with van der Waals surface area (Å²) in [6.45, 7) is 1.83. The Labute approximate surface area is 243 Å². The van der Waals surface area contributed by atoms with Crippen LogP contribution in [0.15, 0.2) is 47.5 Å². The predicted octanol–water partition coefficient (Wildman–Crippen LogP) is 6.33. The van der Waals surface area contributed by atoms with Gasteiger partial charge >= 0.3 is 12.4 Å².